The second kappa shape index (κ2) is 47.1. The van der Waals surface area contributed by atoms with E-state index in [9.17, 15) is 59.4 Å². The summed E-state index contributed by atoms with van der Waals surface area (Å²) < 4.78 is 27.9. The van der Waals surface area contributed by atoms with Gasteiger partial charge >= 0.3 is 83.9 Å². The van der Waals surface area contributed by atoms with Crippen LogP contribution in [-0.4, -0.2) is 85.3 Å². The molecule has 0 unspecified atom stereocenters. The third-order valence-electron chi connectivity index (χ3n) is 20.3. The van der Waals surface area contributed by atoms with Gasteiger partial charge in [-0.05, 0) is 149 Å². The molecule has 6 aromatic carbocycles. The largest absolute Gasteiger partial charge is 2.00 e. The van der Waals surface area contributed by atoms with E-state index in [4.69, 9.17) is 53.4 Å². The van der Waals surface area contributed by atoms with Crippen LogP contribution in [0, 0.1) is 0 Å². The molecule has 0 aliphatic carbocycles. The number of carbonyl (C=O) groups is 9. The van der Waals surface area contributed by atoms with Crippen LogP contribution in [0.2, 0.25) is 0 Å². The molecule has 678 valence electrons. The Labute approximate surface area is 773 Å². The van der Waals surface area contributed by atoms with E-state index < -0.39 is 70.0 Å². The molecule has 2 saturated heterocycles. The average molecular weight is 2050 g/mol. The van der Waals surface area contributed by atoms with E-state index >= 15 is 0 Å². The third kappa shape index (κ3) is 31.8. The summed E-state index contributed by atoms with van der Waals surface area (Å²) in [5.74, 6) is -10.3. The first-order valence-corrected chi connectivity index (χ1v) is 39.9. The van der Waals surface area contributed by atoms with Gasteiger partial charge < -0.3 is 108 Å². The minimum absolute atomic E-state index is 0. The molecule has 0 saturated carbocycles. The molecule has 0 atom stereocenters. The Kier molecular flexibility index (Phi) is 44.9. The predicted molar refractivity (Wildman–Crippen MR) is 438 cm³/mol. The van der Waals surface area contributed by atoms with Gasteiger partial charge in [0.1, 0.15) is 40.1 Å². The fourth-order valence-electron chi connectivity index (χ4n) is 13.0. The van der Waals surface area contributed by atoms with Crippen LogP contribution < -0.4 is 55.1 Å². The van der Waals surface area contributed by atoms with Gasteiger partial charge in [0.15, 0.2) is 0 Å². The third-order valence-corrected chi connectivity index (χ3v) is 20.3. The smallest absolute Gasteiger partial charge is 0.550 e. The first kappa shape index (κ1) is 116. The maximum atomic E-state index is 12.1. The topological polar surface area (TPSA) is 404 Å². The summed E-state index contributed by atoms with van der Waals surface area (Å²) in [6.45, 7) is 59.3. The molecule has 0 amide bonds. The van der Waals surface area contributed by atoms with Crippen molar-refractivity contribution in [3.8, 4) is 34.5 Å². The summed E-state index contributed by atoms with van der Waals surface area (Å²) in [6, 6.07) is 21.1. The Bertz CT molecular complexity index is 3920. The van der Waals surface area contributed by atoms with Gasteiger partial charge in [-0.3, -0.25) is 0 Å². The van der Waals surface area contributed by atoms with Crippen LogP contribution in [0.25, 0.3) is 0 Å². The predicted octanol–water partition coefficient (Wildman–Crippen LogP) is 12.1. The summed E-state index contributed by atoms with van der Waals surface area (Å²) in [6.07, 6.45) is 10.6. The maximum absolute atomic E-state index is 12.1. The second-order valence-electron chi connectivity index (χ2n) is 37.6. The Balaban J connectivity index is 0. The Hall–Kier alpha value is -7.64. The molecule has 6 aromatic rings. The maximum Gasteiger partial charge on any atom is 2.00 e. The number of carboxylic acid groups (broad SMARTS) is 9. The molecule has 23 nitrogen and oxygen atoms in total. The Morgan fingerprint density at radius 2 is 0.434 bits per heavy atom. The summed E-state index contributed by atoms with van der Waals surface area (Å²) >= 11 is 0. The molecule has 27 heteroatoms. The van der Waals surface area contributed by atoms with Crippen LogP contribution in [0.4, 0.5) is 0 Å². The number of hydrogen-bond acceptors (Lipinski definition) is 22. The quantitative estimate of drug-likeness (QED) is 0.104. The number of ether oxygens (including phenoxy) is 5. The summed E-state index contributed by atoms with van der Waals surface area (Å²) in [4.78, 5) is 98.5. The fraction of sp³-hybridized carbons (Fsp3) is 0.526. The molecule has 1 N–H and O–H groups in total. The van der Waals surface area contributed by atoms with Gasteiger partial charge in [0.25, 0.3) is 0 Å². The standard InChI is InChI=1S/3C25H30O5.C6H14.2C4H8O.3C2H4O2.4Rh/c3*1-23(2,3)13-9-15(21(26)27)19-17(11-13)25(7,8)18-12-14(24(4,5)6)10-16(22(28)29)20(18)30-19;1-3-5-6-4-2;2*1-2-4-5-3-1;3*1-2(3)4;;;;/h3*9-12H,1-8H3,(H,26,27)(H,28,29);3-6H2,1-2H3;2*1-4H2;3*1H3,(H,3,4);;;;/q;;;;;;;;;4*+2/p-8. The molecular weight excluding hydrogens is 1920 g/mol. The van der Waals surface area contributed by atoms with E-state index in [0.29, 0.717) is 27.8 Å². The van der Waals surface area contributed by atoms with Gasteiger partial charge in [-0.15, -0.1) is 0 Å². The van der Waals surface area contributed by atoms with Gasteiger partial charge in [0.05, 0.1) is 29.8 Å². The van der Waals surface area contributed by atoms with Crippen LogP contribution in [0.15, 0.2) is 72.8 Å². The molecule has 11 rings (SSSR count). The number of aromatic carboxylic acids is 6. The number of rotatable bonds is 9. The van der Waals surface area contributed by atoms with Gasteiger partial charge in [0, 0.05) is 122 Å². The number of carbonyl (C=O) groups excluding carboxylic acids is 8. The van der Waals surface area contributed by atoms with E-state index in [1.54, 1.807) is 36.4 Å². The molecular formula is C95H124O23Rh4. The van der Waals surface area contributed by atoms with Crippen molar-refractivity contribution >= 4 is 53.7 Å². The minimum Gasteiger partial charge on any atom is -0.550 e. The number of hydrogen-bond donors (Lipinski definition) is 1. The molecule has 0 spiro atoms. The first-order valence-electron chi connectivity index (χ1n) is 39.9. The monoisotopic (exact) mass is 2040 g/mol. The zero-order valence-corrected chi connectivity index (χ0v) is 82.7. The van der Waals surface area contributed by atoms with Gasteiger partial charge in [-0.2, -0.15) is 0 Å². The van der Waals surface area contributed by atoms with E-state index in [0.717, 1.165) is 86.1 Å². The van der Waals surface area contributed by atoms with Crippen LogP contribution >= 0.6 is 0 Å². The zero-order valence-electron chi connectivity index (χ0n) is 76.2. The van der Waals surface area contributed by atoms with Gasteiger partial charge in [0.2, 0.25) is 0 Å². The van der Waals surface area contributed by atoms with E-state index in [-0.39, 0.29) is 178 Å². The van der Waals surface area contributed by atoms with Crippen molar-refractivity contribution in [1.82, 2.24) is 0 Å². The average Bonchev–Trinajstić information content (AvgIpc) is 0.785. The molecule has 4 radical (unpaired) electrons. The molecule has 122 heavy (non-hydrogen) atoms. The second-order valence-corrected chi connectivity index (χ2v) is 37.6. The Morgan fingerprint density at radius 3 is 0.541 bits per heavy atom. The first-order chi connectivity index (χ1) is 53.8. The number of carboxylic acids is 9. The number of unbranched alkanes of at least 4 members (excludes halogenated alkanes) is 3. The number of fused-ring (bicyclic) bond motifs is 6. The molecule has 5 aliphatic heterocycles. The fourth-order valence-corrected chi connectivity index (χ4v) is 13.0. The number of aliphatic carboxylic acids is 3. The molecule has 0 bridgehead atoms. The zero-order chi connectivity index (χ0) is 91.1. The van der Waals surface area contributed by atoms with Crippen molar-refractivity contribution < 1.29 is 191 Å². The summed E-state index contributed by atoms with van der Waals surface area (Å²) in [7, 11) is 0. The Morgan fingerprint density at radius 1 is 0.295 bits per heavy atom. The van der Waals surface area contributed by atoms with Gasteiger partial charge in [-0.1, -0.05) is 242 Å². The molecule has 5 aliphatic rings. The van der Waals surface area contributed by atoms with Crippen LogP contribution in [0.1, 0.15) is 381 Å². The summed E-state index contributed by atoms with van der Waals surface area (Å²) in [5.41, 5.74) is 5.16. The van der Waals surface area contributed by atoms with Crippen LogP contribution in [-0.2, 0) is 151 Å². The van der Waals surface area contributed by atoms with E-state index in [2.05, 4.69) is 13.8 Å². The van der Waals surface area contributed by atoms with Crippen LogP contribution in [0.5, 0.6) is 34.5 Å². The molecule has 0 aromatic heterocycles. The van der Waals surface area contributed by atoms with E-state index in [1.165, 1.54) is 51.4 Å². The van der Waals surface area contributed by atoms with Crippen LogP contribution in [0.3, 0.4) is 0 Å². The molecule has 5 heterocycles. The minimum atomic E-state index is -1.36. The van der Waals surface area contributed by atoms with Crippen molar-refractivity contribution in [1.29, 1.82) is 0 Å². The van der Waals surface area contributed by atoms with Crippen molar-refractivity contribution in [2.75, 3.05) is 26.4 Å². The van der Waals surface area contributed by atoms with Gasteiger partial charge in [-0.25, -0.2) is 4.79 Å². The van der Waals surface area contributed by atoms with Crippen molar-refractivity contribution in [3.05, 3.63) is 173 Å². The number of benzene rings is 6. The van der Waals surface area contributed by atoms with Crippen molar-refractivity contribution in [3.63, 3.8) is 0 Å². The molecule has 2 fully saturated rings. The summed E-state index contributed by atoms with van der Waals surface area (Å²) in [5, 5.41) is 96.3. The SMILES string of the molecule is C1CCOC1.C1CCOC1.CC(=O)[O-].CC(=O)[O-].CC(=O)[O-].CC(C)(C)c1cc(C(=O)[O-])c2c(c1)C(C)(C)c1cc(C(C)(C)C)cc(C(=O)O)c1O2.CC(C)(C)c1cc(C(=O)[O-])c2c(c1)C(C)(C)c1cc(C(C)(C)C)cc(C(=O)[O-])c1O2.CC(C)(C)c1cc(C(=O)[O-])c2c(c1)C(C)(C)c1cc(C(C)(C)C)cc(C(=O)[O-])c1O2.CCCCCC.[Rh+2].[Rh+2].[Rh+2].[Rh+2]. The van der Waals surface area contributed by atoms with Crippen molar-refractivity contribution in [2.45, 2.75) is 301 Å². The van der Waals surface area contributed by atoms with E-state index in [1.807, 2.05) is 203 Å². The normalized spacial score (nSPS) is 14.1. The van der Waals surface area contributed by atoms with Crippen molar-refractivity contribution in [2.24, 2.45) is 0 Å².